The Morgan fingerprint density at radius 1 is 1.00 bits per heavy atom. The molecule has 0 amide bonds. The third-order valence-corrected chi connectivity index (χ3v) is 3.93. The van der Waals surface area contributed by atoms with E-state index in [2.05, 4.69) is 29.2 Å². The maximum absolute atomic E-state index is 6.62. The Morgan fingerprint density at radius 3 is 2.65 bits per heavy atom. The van der Waals surface area contributed by atoms with Gasteiger partial charge < -0.3 is 5.73 Å². The van der Waals surface area contributed by atoms with Crippen LogP contribution in [0.15, 0.2) is 36.5 Å². The van der Waals surface area contributed by atoms with Crippen LogP contribution in [0.25, 0.3) is 10.9 Å². The van der Waals surface area contributed by atoms with E-state index in [4.69, 9.17) is 5.73 Å². The fraction of sp³-hybridized carbons (Fsp3) is 0.400. The normalized spacial score (nSPS) is 19.4. The van der Waals surface area contributed by atoms with Crippen molar-refractivity contribution in [2.24, 2.45) is 5.73 Å². The van der Waals surface area contributed by atoms with Crippen molar-refractivity contribution < 1.29 is 0 Å². The molecule has 1 aliphatic carbocycles. The summed E-state index contributed by atoms with van der Waals surface area (Å²) in [5.41, 5.74) is 8.82. The van der Waals surface area contributed by atoms with E-state index in [0.29, 0.717) is 0 Å². The summed E-state index contributed by atoms with van der Waals surface area (Å²) in [6.07, 6.45) is 7.85. The zero-order valence-corrected chi connectivity index (χ0v) is 10.0. The van der Waals surface area contributed by atoms with E-state index in [0.717, 1.165) is 18.4 Å². The summed E-state index contributed by atoms with van der Waals surface area (Å²) >= 11 is 0. The fourth-order valence-electron chi connectivity index (χ4n) is 2.99. The van der Waals surface area contributed by atoms with Gasteiger partial charge in [0, 0.05) is 17.1 Å². The molecular weight excluding hydrogens is 208 g/mol. The smallest absolute Gasteiger partial charge is 0.0705 e. The van der Waals surface area contributed by atoms with Crippen LogP contribution in [-0.2, 0) is 5.54 Å². The number of hydrogen-bond donors (Lipinski definition) is 1. The molecule has 1 fully saturated rings. The highest BCUT2D eigenvalue weighted by atomic mass is 14.8. The quantitative estimate of drug-likeness (QED) is 0.809. The number of nitrogens with zero attached hydrogens (tertiary/aromatic N) is 1. The van der Waals surface area contributed by atoms with Crippen LogP contribution in [0.4, 0.5) is 0 Å². The Morgan fingerprint density at radius 2 is 1.82 bits per heavy atom. The molecule has 0 aliphatic heterocycles. The highest BCUT2D eigenvalue weighted by Gasteiger charge is 2.30. The first-order valence-electron chi connectivity index (χ1n) is 6.43. The summed E-state index contributed by atoms with van der Waals surface area (Å²) in [5.74, 6) is 0. The van der Waals surface area contributed by atoms with Crippen LogP contribution < -0.4 is 5.73 Å². The zero-order chi connectivity index (χ0) is 11.7. The van der Waals surface area contributed by atoms with Gasteiger partial charge in [-0.2, -0.15) is 0 Å². The molecule has 3 rings (SSSR count). The molecule has 1 aromatic carbocycles. The molecule has 1 heterocycles. The zero-order valence-electron chi connectivity index (χ0n) is 10.0. The molecule has 0 saturated heterocycles. The van der Waals surface area contributed by atoms with Gasteiger partial charge in [0.15, 0.2) is 0 Å². The van der Waals surface area contributed by atoms with Crippen molar-refractivity contribution in [1.29, 1.82) is 0 Å². The van der Waals surface area contributed by atoms with Gasteiger partial charge in [-0.05, 0) is 30.5 Å². The van der Waals surface area contributed by atoms with Gasteiger partial charge in [0.2, 0.25) is 0 Å². The topological polar surface area (TPSA) is 38.9 Å². The van der Waals surface area contributed by atoms with Gasteiger partial charge in [-0.3, -0.25) is 4.98 Å². The predicted molar refractivity (Wildman–Crippen MR) is 70.7 cm³/mol. The van der Waals surface area contributed by atoms with Gasteiger partial charge in [-0.1, -0.05) is 37.5 Å². The van der Waals surface area contributed by atoms with Gasteiger partial charge >= 0.3 is 0 Å². The van der Waals surface area contributed by atoms with E-state index in [1.54, 1.807) is 0 Å². The van der Waals surface area contributed by atoms with Gasteiger partial charge in [0.1, 0.15) is 0 Å². The Kier molecular flexibility index (Phi) is 2.60. The number of rotatable bonds is 1. The Labute approximate surface area is 102 Å². The van der Waals surface area contributed by atoms with Crippen molar-refractivity contribution in [3.8, 4) is 0 Å². The highest BCUT2D eigenvalue weighted by molar-refractivity contribution is 5.83. The largest absolute Gasteiger partial charge is 0.321 e. The van der Waals surface area contributed by atoms with Gasteiger partial charge in [-0.25, -0.2) is 0 Å². The second-order valence-corrected chi connectivity index (χ2v) is 5.09. The third kappa shape index (κ3) is 1.83. The molecule has 2 nitrogen and oxygen atoms in total. The maximum atomic E-state index is 6.62. The van der Waals surface area contributed by atoms with Crippen molar-refractivity contribution in [3.05, 3.63) is 42.1 Å². The van der Waals surface area contributed by atoms with Crippen LogP contribution in [0.3, 0.4) is 0 Å². The molecule has 1 saturated carbocycles. The van der Waals surface area contributed by atoms with Crippen molar-refractivity contribution in [1.82, 2.24) is 4.98 Å². The standard InChI is InChI=1S/C15H18N2/c16-15(9-2-1-3-10-15)13-7-4-8-14-12(13)6-5-11-17-14/h4-8,11H,1-3,9-10,16H2. The van der Waals surface area contributed by atoms with Crippen molar-refractivity contribution in [2.75, 3.05) is 0 Å². The van der Waals surface area contributed by atoms with Crippen LogP contribution >= 0.6 is 0 Å². The number of nitrogens with two attached hydrogens (primary N) is 1. The van der Waals surface area contributed by atoms with E-state index in [1.165, 1.54) is 30.2 Å². The van der Waals surface area contributed by atoms with Crippen LogP contribution in [0, 0.1) is 0 Å². The number of pyridine rings is 1. The van der Waals surface area contributed by atoms with Gasteiger partial charge in [0.25, 0.3) is 0 Å². The van der Waals surface area contributed by atoms with Crippen molar-refractivity contribution >= 4 is 10.9 Å². The molecule has 2 heteroatoms. The first kappa shape index (κ1) is 10.7. The lowest BCUT2D eigenvalue weighted by Gasteiger charge is -2.34. The van der Waals surface area contributed by atoms with Crippen molar-refractivity contribution in [2.45, 2.75) is 37.6 Å². The van der Waals surface area contributed by atoms with Gasteiger partial charge in [-0.15, -0.1) is 0 Å². The van der Waals surface area contributed by atoms with E-state index >= 15 is 0 Å². The first-order chi connectivity index (χ1) is 8.30. The summed E-state index contributed by atoms with van der Waals surface area (Å²) < 4.78 is 0. The second kappa shape index (κ2) is 4.11. The Hall–Kier alpha value is -1.41. The lowest BCUT2D eigenvalue weighted by molar-refractivity contribution is 0.304. The molecule has 0 atom stereocenters. The average molecular weight is 226 g/mol. The molecule has 17 heavy (non-hydrogen) atoms. The number of aromatic nitrogens is 1. The summed E-state index contributed by atoms with van der Waals surface area (Å²) in [4.78, 5) is 4.41. The molecule has 1 aromatic heterocycles. The number of fused-ring (bicyclic) bond motifs is 1. The molecule has 0 unspecified atom stereocenters. The fourth-order valence-corrected chi connectivity index (χ4v) is 2.99. The Balaban J connectivity index is 2.16. The van der Waals surface area contributed by atoms with E-state index in [9.17, 15) is 0 Å². The molecular formula is C15H18N2. The summed E-state index contributed by atoms with van der Waals surface area (Å²) in [6, 6.07) is 10.5. The van der Waals surface area contributed by atoms with Crippen LogP contribution in [0.2, 0.25) is 0 Å². The van der Waals surface area contributed by atoms with E-state index < -0.39 is 0 Å². The third-order valence-electron chi connectivity index (χ3n) is 3.93. The lowest BCUT2D eigenvalue weighted by atomic mass is 9.76. The first-order valence-corrected chi connectivity index (χ1v) is 6.43. The van der Waals surface area contributed by atoms with Crippen molar-refractivity contribution in [3.63, 3.8) is 0 Å². The molecule has 1 aliphatic rings. The van der Waals surface area contributed by atoms with Crippen LogP contribution in [-0.4, -0.2) is 4.98 Å². The summed E-state index contributed by atoms with van der Waals surface area (Å²) in [6.45, 7) is 0. The summed E-state index contributed by atoms with van der Waals surface area (Å²) in [7, 11) is 0. The summed E-state index contributed by atoms with van der Waals surface area (Å²) in [5, 5.41) is 1.22. The van der Waals surface area contributed by atoms with E-state index in [-0.39, 0.29) is 5.54 Å². The highest BCUT2D eigenvalue weighted by Crippen LogP contribution is 2.37. The van der Waals surface area contributed by atoms with Crippen LogP contribution in [0.1, 0.15) is 37.7 Å². The number of benzene rings is 1. The minimum absolute atomic E-state index is 0.138. The SMILES string of the molecule is NC1(c2cccc3ncccc23)CCCCC1. The monoisotopic (exact) mass is 226 g/mol. The molecule has 0 radical (unpaired) electrons. The van der Waals surface area contributed by atoms with E-state index in [1.807, 2.05) is 12.3 Å². The van der Waals surface area contributed by atoms with Crippen LogP contribution in [0.5, 0.6) is 0 Å². The molecule has 2 N–H and O–H groups in total. The minimum atomic E-state index is -0.138. The molecule has 88 valence electrons. The number of hydrogen-bond acceptors (Lipinski definition) is 2. The minimum Gasteiger partial charge on any atom is -0.321 e. The second-order valence-electron chi connectivity index (χ2n) is 5.09. The molecule has 0 spiro atoms. The van der Waals surface area contributed by atoms with Gasteiger partial charge in [0.05, 0.1) is 5.52 Å². The molecule has 2 aromatic rings. The lowest BCUT2D eigenvalue weighted by Crippen LogP contribution is -2.38. The Bertz CT molecular complexity index is 522. The maximum Gasteiger partial charge on any atom is 0.0705 e. The molecule has 0 bridgehead atoms. The average Bonchev–Trinajstić information content (AvgIpc) is 2.39. The predicted octanol–water partition coefficient (Wildman–Crippen LogP) is 3.35.